The van der Waals surface area contributed by atoms with Crippen LogP contribution in [0, 0.1) is 11.6 Å². The number of piperazine rings is 1. The van der Waals surface area contributed by atoms with E-state index in [4.69, 9.17) is 4.74 Å². The Kier molecular flexibility index (Phi) is 5.12. The van der Waals surface area contributed by atoms with E-state index < -0.39 is 17.7 Å². The summed E-state index contributed by atoms with van der Waals surface area (Å²) in [4.78, 5) is 16.3. The van der Waals surface area contributed by atoms with Crippen molar-refractivity contribution in [3.8, 4) is 5.75 Å². The van der Waals surface area contributed by atoms with Crippen LogP contribution in [-0.2, 0) is 4.79 Å². The highest BCUT2D eigenvalue weighted by Crippen LogP contribution is 2.17. The molecule has 1 aromatic carbocycles. The summed E-state index contributed by atoms with van der Waals surface area (Å²) in [5, 5.41) is 0. The van der Waals surface area contributed by atoms with E-state index in [1.54, 1.807) is 11.8 Å². The third-order valence-electron chi connectivity index (χ3n) is 3.68. The molecule has 1 fully saturated rings. The molecule has 0 N–H and O–H groups in total. The van der Waals surface area contributed by atoms with Crippen LogP contribution in [0.4, 0.5) is 8.78 Å². The van der Waals surface area contributed by atoms with Crippen LogP contribution in [0.25, 0.3) is 0 Å². The average molecular weight is 298 g/mol. The lowest BCUT2D eigenvalue weighted by molar-refractivity contribution is -0.139. The molecule has 2 rings (SSSR count). The van der Waals surface area contributed by atoms with Gasteiger partial charge in [-0.1, -0.05) is 6.92 Å². The number of hydrogen-bond donors (Lipinski definition) is 0. The Hall–Kier alpha value is -1.69. The Morgan fingerprint density at radius 2 is 1.90 bits per heavy atom. The van der Waals surface area contributed by atoms with E-state index in [0.717, 1.165) is 31.8 Å². The lowest BCUT2D eigenvalue weighted by Gasteiger charge is -2.35. The molecule has 0 aromatic heterocycles. The Balaban J connectivity index is 1.92. The molecule has 1 heterocycles. The molecule has 1 amide bonds. The maximum atomic E-state index is 13.1. The predicted molar refractivity (Wildman–Crippen MR) is 75.1 cm³/mol. The fourth-order valence-electron chi connectivity index (χ4n) is 2.35. The van der Waals surface area contributed by atoms with E-state index in [1.807, 2.05) is 0 Å². The lowest BCUT2D eigenvalue weighted by atomic mass is 10.2. The minimum absolute atomic E-state index is 0.129. The Bertz CT molecular complexity index is 502. The number of carbonyl (C=O) groups is 1. The molecule has 0 aliphatic carbocycles. The molecule has 1 unspecified atom stereocenters. The second-order valence-electron chi connectivity index (χ2n) is 5.10. The zero-order valence-electron chi connectivity index (χ0n) is 12.3. The van der Waals surface area contributed by atoms with E-state index >= 15 is 0 Å². The molecule has 1 aliphatic rings. The third-order valence-corrected chi connectivity index (χ3v) is 3.68. The normalized spacial score (nSPS) is 17.6. The quantitative estimate of drug-likeness (QED) is 0.851. The van der Waals surface area contributed by atoms with E-state index in [0.29, 0.717) is 13.1 Å². The number of carbonyl (C=O) groups excluding carboxylic acids is 1. The number of amides is 1. The molecule has 6 heteroatoms. The molecule has 116 valence electrons. The fourth-order valence-corrected chi connectivity index (χ4v) is 2.35. The second kappa shape index (κ2) is 6.85. The summed E-state index contributed by atoms with van der Waals surface area (Å²) >= 11 is 0. The van der Waals surface area contributed by atoms with Crippen molar-refractivity contribution in [2.75, 3.05) is 32.7 Å². The van der Waals surface area contributed by atoms with Gasteiger partial charge in [0.2, 0.25) is 0 Å². The molecular formula is C15H20F2N2O2. The average Bonchev–Trinajstić information content (AvgIpc) is 2.50. The van der Waals surface area contributed by atoms with Gasteiger partial charge in [-0.2, -0.15) is 0 Å². The molecule has 1 aromatic rings. The minimum atomic E-state index is -0.983. The predicted octanol–water partition coefficient (Wildman–Crippen LogP) is 1.90. The van der Waals surface area contributed by atoms with E-state index in [9.17, 15) is 13.6 Å². The summed E-state index contributed by atoms with van der Waals surface area (Å²) in [6.07, 6.45) is -0.719. The standard InChI is InChI=1S/C15H20F2N2O2/c1-3-18-6-8-19(9-7-18)15(20)11(2)21-12-4-5-13(16)14(17)10-12/h4-5,10-11H,3,6-9H2,1-2H3. The number of hydrogen-bond acceptors (Lipinski definition) is 3. The first-order chi connectivity index (χ1) is 10.0. The van der Waals surface area contributed by atoms with Crippen LogP contribution in [0.1, 0.15) is 13.8 Å². The van der Waals surface area contributed by atoms with Crippen molar-refractivity contribution in [1.29, 1.82) is 0 Å². The van der Waals surface area contributed by atoms with Crippen molar-refractivity contribution < 1.29 is 18.3 Å². The van der Waals surface area contributed by atoms with Gasteiger partial charge in [0.15, 0.2) is 17.7 Å². The number of benzene rings is 1. The molecular weight excluding hydrogens is 278 g/mol. The molecule has 1 atom stereocenters. The van der Waals surface area contributed by atoms with Crippen molar-refractivity contribution >= 4 is 5.91 Å². The zero-order chi connectivity index (χ0) is 15.4. The summed E-state index contributed by atoms with van der Waals surface area (Å²) in [6, 6.07) is 3.26. The van der Waals surface area contributed by atoms with Crippen LogP contribution in [0.3, 0.4) is 0 Å². The van der Waals surface area contributed by atoms with Gasteiger partial charge < -0.3 is 14.5 Å². The first-order valence-corrected chi connectivity index (χ1v) is 7.14. The highest BCUT2D eigenvalue weighted by Gasteiger charge is 2.25. The van der Waals surface area contributed by atoms with Crippen molar-refractivity contribution in [1.82, 2.24) is 9.80 Å². The minimum Gasteiger partial charge on any atom is -0.481 e. The Morgan fingerprint density at radius 1 is 1.24 bits per heavy atom. The summed E-state index contributed by atoms with van der Waals surface area (Å²) in [5.41, 5.74) is 0. The summed E-state index contributed by atoms with van der Waals surface area (Å²) in [7, 11) is 0. The molecule has 0 spiro atoms. The van der Waals surface area contributed by atoms with Gasteiger partial charge in [-0.15, -0.1) is 0 Å². The molecule has 4 nitrogen and oxygen atoms in total. The van der Waals surface area contributed by atoms with Crippen LogP contribution in [0.5, 0.6) is 5.75 Å². The van der Waals surface area contributed by atoms with Gasteiger partial charge >= 0.3 is 0 Å². The number of ether oxygens (including phenoxy) is 1. The second-order valence-corrected chi connectivity index (χ2v) is 5.10. The van der Waals surface area contributed by atoms with Gasteiger partial charge in [0.05, 0.1) is 0 Å². The fraction of sp³-hybridized carbons (Fsp3) is 0.533. The van der Waals surface area contributed by atoms with Crippen LogP contribution < -0.4 is 4.74 Å². The van der Waals surface area contributed by atoms with Crippen LogP contribution in [-0.4, -0.2) is 54.5 Å². The maximum absolute atomic E-state index is 13.1. The van der Waals surface area contributed by atoms with E-state index in [1.165, 1.54) is 6.07 Å². The highest BCUT2D eigenvalue weighted by atomic mass is 19.2. The van der Waals surface area contributed by atoms with Gasteiger partial charge in [0.25, 0.3) is 5.91 Å². The third kappa shape index (κ3) is 3.91. The number of nitrogens with zero attached hydrogens (tertiary/aromatic N) is 2. The SMILES string of the molecule is CCN1CCN(C(=O)C(C)Oc2ccc(F)c(F)c2)CC1. The molecule has 0 radical (unpaired) electrons. The van der Waals surface area contributed by atoms with Gasteiger partial charge in [-0.05, 0) is 25.6 Å². The van der Waals surface area contributed by atoms with Crippen LogP contribution in [0.2, 0.25) is 0 Å². The largest absolute Gasteiger partial charge is 0.481 e. The highest BCUT2D eigenvalue weighted by molar-refractivity contribution is 5.81. The lowest BCUT2D eigenvalue weighted by Crippen LogP contribution is -2.51. The Labute approximate surface area is 123 Å². The summed E-state index contributed by atoms with van der Waals surface area (Å²) in [6.45, 7) is 7.71. The monoisotopic (exact) mass is 298 g/mol. The number of halogens is 2. The van der Waals surface area contributed by atoms with Crippen molar-refractivity contribution in [2.24, 2.45) is 0 Å². The molecule has 0 bridgehead atoms. The Morgan fingerprint density at radius 3 is 2.48 bits per heavy atom. The van der Waals surface area contributed by atoms with Gasteiger partial charge in [-0.25, -0.2) is 8.78 Å². The van der Waals surface area contributed by atoms with Gasteiger partial charge in [0, 0.05) is 32.2 Å². The van der Waals surface area contributed by atoms with Crippen LogP contribution >= 0.6 is 0 Å². The topological polar surface area (TPSA) is 32.8 Å². The van der Waals surface area contributed by atoms with Crippen LogP contribution in [0.15, 0.2) is 18.2 Å². The molecule has 0 saturated carbocycles. The molecule has 1 aliphatic heterocycles. The van der Waals surface area contributed by atoms with Gasteiger partial charge in [-0.3, -0.25) is 4.79 Å². The maximum Gasteiger partial charge on any atom is 0.263 e. The molecule has 21 heavy (non-hydrogen) atoms. The number of rotatable bonds is 4. The van der Waals surface area contributed by atoms with E-state index in [-0.39, 0.29) is 11.7 Å². The smallest absolute Gasteiger partial charge is 0.263 e. The first-order valence-electron chi connectivity index (χ1n) is 7.14. The van der Waals surface area contributed by atoms with Crippen molar-refractivity contribution in [3.63, 3.8) is 0 Å². The first kappa shape index (κ1) is 15.7. The summed E-state index contributed by atoms with van der Waals surface area (Å²) in [5.74, 6) is -1.89. The summed E-state index contributed by atoms with van der Waals surface area (Å²) < 4.78 is 31.4. The molecule has 1 saturated heterocycles. The van der Waals surface area contributed by atoms with Crippen molar-refractivity contribution in [3.05, 3.63) is 29.8 Å². The van der Waals surface area contributed by atoms with E-state index in [2.05, 4.69) is 11.8 Å². The van der Waals surface area contributed by atoms with Crippen molar-refractivity contribution in [2.45, 2.75) is 20.0 Å². The zero-order valence-corrected chi connectivity index (χ0v) is 12.3. The van der Waals surface area contributed by atoms with Gasteiger partial charge in [0.1, 0.15) is 5.75 Å². The number of likely N-dealkylation sites (N-methyl/N-ethyl adjacent to an activating group) is 1.